The summed E-state index contributed by atoms with van der Waals surface area (Å²) in [4.78, 5) is 36.8. The monoisotopic (exact) mass is 452 g/mol. The van der Waals surface area contributed by atoms with E-state index >= 15 is 0 Å². The molecule has 0 unspecified atom stereocenters. The maximum atomic E-state index is 12.7. The average molecular weight is 453 g/mol. The third kappa shape index (κ3) is 5.92. The molecule has 0 fully saturated rings. The molecule has 2 amide bonds. The van der Waals surface area contributed by atoms with Crippen LogP contribution in [0.25, 0.3) is 11.1 Å². The van der Waals surface area contributed by atoms with Gasteiger partial charge in [0, 0.05) is 5.92 Å². The number of benzene rings is 2. The Hall–Kier alpha value is -3.35. The predicted molar refractivity (Wildman–Crippen MR) is 126 cm³/mol. The van der Waals surface area contributed by atoms with E-state index in [9.17, 15) is 19.5 Å². The minimum absolute atomic E-state index is 0.0820. The maximum Gasteiger partial charge on any atom is 0.407 e. The van der Waals surface area contributed by atoms with Gasteiger partial charge in [-0.1, -0.05) is 75.7 Å². The van der Waals surface area contributed by atoms with Crippen molar-refractivity contribution in [3.05, 3.63) is 59.7 Å². The van der Waals surface area contributed by atoms with Gasteiger partial charge in [0.15, 0.2) is 0 Å². The highest BCUT2D eigenvalue weighted by Gasteiger charge is 2.30. The van der Waals surface area contributed by atoms with Crippen LogP contribution in [0.15, 0.2) is 48.5 Å². The Balaban J connectivity index is 1.66. The first-order valence-electron chi connectivity index (χ1n) is 11.5. The summed E-state index contributed by atoms with van der Waals surface area (Å²) in [5, 5.41) is 14.5. The third-order valence-corrected chi connectivity index (χ3v) is 5.85. The van der Waals surface area contributed by atoms with Crippen LogP contribution >= 0.6 is 0 Å². The summed E-state index contributed by atoms with van der Waals surface area (Å²) in [5.41, 5.74) is 4.48. The zero-order valence-corrected chi connectivity index (χ0v) is 19.3. The number of aliphatic carboxylic acids is 1. The zero-order valence-electron chi connectivity index (χ0n) is 19.3. The molecule has 3 rings (SSSR count). The largest absolute Gasteiger partial charge is 0.480 e. The normalized spacial score (nSPS) is 14.2. The molecule has 2 aromatic rings. The highest BCUT2D eigenvalue weighted by molar-refractivity contribution is 5.89. The second-order valence-corrected chi connectivity index (χ2v) is 8.84. The molecule has 0 heterocycles. The number of nitrogens with one attached hydrogen (secondary N) is 2. The number of fused-ring (bicyclic) bond motifs is 3. The Kier molecular flexibility index (Phi) is 8.09. The highest BCUT2D eigenvalue weighted by atomic mass is 16.5. The molecule has 3 N–H and O–H groups in total. The molecule has 0 aromatic heterocycles. The first kappa shape index (κ1) is 24.3. The van der Waals surface area contributed by atoms with Crippen molar-refractivity contribution >= 4 is 18.0 Å². The number of hydrogen-bond acceptors (Lipinski definition) is 4. The minimum atomic E-state index is -1.09. The number of amides is 2. The molecular weight excluding hydrogens is 420 g/mol. The number of rotatable bonds is 10. The van der Waals surface area contributed by atoms with Gasteiger partial charge in [-0.05, 0) is 41.0 Å². The van der Waals surface area contributed by atoms with E-state index < -0.39 is 30.1 Å². The van der Waals surface area contributed by atoms with E-state index in [1.165, 1.54) is 0 Å². The molecule has 2 aromatic carbocycles. The second kappa shape index (κ2) is 11.0. The molecule has 0 radical (unpaired) electrons. The van der Waals surface area contributed by atoms with Crippen LogP contribution in [-0.2, 0) is 14.3 Å². The SMILES string of the molecule is CCC[C@@H](NC(=O)[C@H](CC(C)C)NC(=O)OCC1c2ccccc2-c2ccccc21)C(=O)O. The molecule has 0 spiro atoms. The summed E-state index contributed by atoms with van der Waals surface area (Å²) in [6.07, 6.45) is 0.612. The van der Waals surface area contributed by atoms with E-state index in [1.54, 1.807) is 0 Å². The first-order chi connectivity index (χ1) is 15.8. The quantitative estimate of drug-likeness (QED) is 0.498. The van der Waals surface area contributed by atoms with Crippen LogP contribution in [0.1, 0.15) is 57.1 Å². The molecule has 0 saturated heterocycles. The van der Waals surface area contributed by atoms with Gasteiger partial charge in [0.1, 0.15) is 18.7 Å². The van der Waals surface area contributed by atoms with E-state index in [2.05, 4.69) is 22.8 Å². The van der Waals surface area contributed by atoms with Crippen LogP contribution in [0.4, 0.5) is 4.79 Å². The summed E-state index contributed by atoms with van der Waals surface area (Å²) in [7, 11) is 0. The fourth-order valence-electron chi connectivity index (χ4n) is 4.30. The van der Waals surface area contributed by atoms with E-state index in [4.69, 9.17) is 4.74 Å². The van der Waals surface area contributed by atoms with Crippen molar-refractivity contribution in [3.8, 4) is 11.1 Å². The maximum absolute atomic E-state index is 12.7. The topological polar surface area (TPSA) is 105 Å². The summed E-state index contributed by atoms with van der Waals surface area (Å²) in [6.45, 7) is 5.85. The smallest absolute Gasteiger partial charge is 0.407 e. The van der Waals surface area contributed by atoms with Gasteiger partial charge in [0.25, 0.3) is 0 Å². The minimum Gasteiger partial charge on any atom is -0.480 e. The van der Waals surface area contributed by atoms with Gasteiger partial charge in [0.05, 0.1) is 0 Å². The number of alkyl carbamates (subject to hydrolysis) is 1. The standard InChI is InChI=1S/C26H32N2O5/c1-4-9-22(25(30)31)27-24(29)23(14-16(2)3)28-26(32)33-15-21-19-12-7-5-10-17(19)18-11-6-8-13-20(18)21/h5-8,10-13,16,21-23H,4,9,14-15H2,1-3H3,(H,27,29)(H,28,32)(H,30,31)/t22-,23+/m1/s1. The molecule has 7 nitrogen and oxygen atoms in total. The number of carbonyl (C=O) groups is 3. The van der Waals surface area contributed by atoms with Crippen molar-refractivity contribution in [2.75, 3.05) is 6.61 Å². The van der Waals surface area contributed by atoms with E-state index in [-0.39, 0.29) is 18.4 Å². The van der Waals surface area contributed by atoms with Crippen LogP contribution in [0.3, 0.4) is 0 Å². The molecule has 7 heteroatoms. The van der Waals surface area contributed by atoms with Crippen molar-refractivity contribution < 1.29 is 24.2 Å². The predicted octanol–water partition coefficient (Wildman–Crippen LogP) is 4.31. The van der Waals surface area contributed by atoms with Crippen molar-refractivity contribution in [2.24, 2.45) is 5.92 Å². The number of hydrogen-bond donors (Lipinski definition) is 3. The van der Waals surface area contributed by atoms with Crippen LogP contribution in [0.2, 0.25) is 0 Å². The van der Waals surface area contributed by atoms with Crippen molar-refractivity contribution in [1.29, 1.82) is 0 Å². The lowest BCUT2D eigenvalue weighted by molar-refractivity contribution is -0.142. The highest BCUT2D eigenvalue weighted by Crippen LogP contribution is 2.44. The Labute approximate surface area is 194 Å². The Morgan fingerprint density at radius 2 is 1.52 bits per heavy atom. The van der Waals surface area contributed by atoms with Crippen molar-refractivity contribution in [1.82, 2.24) is 10.6 Å². The fraction of sp³-hybridized carbons (Fsp3) is 0.423. The first-order valence-corrected chi connectivity index (χ1v) is 11.5. The van der Waals surface area contributed by atoms with Gasteiger partial charge in [-0.25, -0.2) is 9.59 Å². The average Bonchev–Trinajstić information content (AvgIpc) is 3.10. The molecule has 0 bridgehead atoms. The lowest BCUT2D eigenvalue weighted by atomic mass is 9.98. The lowest BCUT2D eigenvalue weighted by Gasteiger charge is -2.23. The Morgan fingerprint density at radius 3 is 2.03 bits per heavy atom. The van der Waals surface area contributed by atoms with E-state index in [1.807, 2.05) is 57.2 Å². The van der Waals surface area contributed by atoms with E-state index in [0.717, 1.165) is 22.3 Å². The molecule has 2 atom stereocenters. The lowest BCUT2D eigenvalue weighted by Crippen LogP contribution is -2.52. The molecule has 176 valence electrons. The molecule has 33 heavy (non-hydrogen) atoms. The number of ether oxygens (including phenoxy) is 1. The van der Waals surface area contributed by atoms with Gasteiger partial charge in [-0.3, -0.25) is 4.79 Å². The second-order valence-electron chi connectivity index (χ2n) is 8.84. The zero-order chi connectivity index (χ0) is 24.0. The summed E-state index contributed by atoms with van der Waals surface area (Å²) in [5.74, 6) is -1.57. The van der Waals surface area contributed by atoms with Crippen molar-refractivity contribution in [3.63, 3.8) is 0 Å². The Bertz CT molecular complexity index is 958. The van der Waals surface area contributed by atoms with Crippen LogP contribution < -0.4 is 10.6 Å². The number of carboxylic acids is 1. The molecule has 0 saturated carbocycles. The summed E-state index contributed by atoms with van der Waals surface area (Å²) >= 11 is 0. The van der Waals surface area contributed by atoms with Gasteiger partial charge in [0.2, 0.25) is 5.91 Å². The molecule has 1 aliphatic carbocycles. The van der Waals surface area contributed by atoms with Crippen LogP contribution in [0.5, 0.6) is 0 Å². The van der Waals surface area contributed by atoms with Gasteiger partial charge in [-0.15, -0.1) is 0 Å². The summed E-state index contributed by atoms with van der Waals surface area (Å²) < 4.78 is 5.56. The number of carbonyl (C=O) groups excluding carboxylic acids is 2. The van der Waals surface area contributed by atoms with E-state index in [0.29, 0.717) is 19.3 Å². The van der Waals surface area contributed by atoms with Crippen LogP contribution in [-0.4, -0.2) is 41.8 Å². The van der Waals surface area contributed by atoms with Gasteiger partial charge in [-0.2, -0.15) is 0 Å². The molecule has 0 aliphatic heterocycles. The van der Waals surface area contributed by atoms with Crippen molar-refractivity contribution in [2.45, 2.75) is 58.0 Å². The Morgan fingerprint density at radius 1 is 0.939 bits per heavy atom. The van der Waals surface area contributed by atoms with Crippen LogP contribution in [0, 0.1) is 5.92 Å². The van der Waals surface area contributed by atoms with Gasteiger partial charge >= 0.3 is 12.1 Å². The summed E-state index contributed by atoms with van der Waals surface area (Å²) in [6, 6.07) is 14.3. The molecule has 1 aliphatic rings. The third-order valence-electron chi connectivity index (χ3n) is 5.85. The van der Waals surface area contributed by atoms with Gasteiger partial charge < -0.3 is 20.5 Å². The fourth-order valence-corrected chi connectivity index (χ4v) is 4.30. The molecular formula is C26H32N2O5. The number of carboxylic acid groups (broad SMARTS) is 1.